The van der Waals surface area contributed by atoms with Crippen LogP contribution in [-0.2, 0) is 4.74 Å². The molecule has 0 aromatic heterocycles. The average molecular weight is 242 g/mol. The van der Waals surface area contributed by atoms with Gasteiger partial charge in [-0.15, -0.1) is 0 Å². The zero-order valence-corrected chi connectivity index (χ0v) is 11.0. The summed E-state index contributed by atoms with van der Waals surface area (Å²) in [5.41, 5.74) is 0.475. The number of piperidine rings is 2. The van der Waals surface area contributed by atoms with E-state index in [2.05, 4.69) is 10.2 Å². The van der Waals surface area contributed by atoms with E-state index in [1.165, 1.54) is 32.2 Å². The first kappa shape index (κ1) is 13.3. The van der Waals surface area contributed by atoms with E-state index in [9.17, 15) is 5.11 Å². The summed E-state index contributed by atoms with van der Waals surface area (Å²) >= 11 is 0. The van der Waals surface area contributed by atoms with Crippen molar-refractivity contribution in [2.75, 3.05) is 46.4 Å². The quantitative estimate of drug-likeness (QED) is 0.752. The van der Waals surface area contributed by atoms with E-state index < -0.39 is 0 Å². The maximum Gasteiger partial charge on any atom is 0.0900 e. The SMILES string of the molecule is COCC(O)CN1CCCC2(CCCNC2)C1. The minimum atomic E-state index is -0.341. The van der Waals surface area contributed by atoms with Crippen molar-refractivity contribution in [3.05, 3.63) is 0 Å². The standard InChI is InChI=1S/C13H26N2O2/c1-17-9-12(16)8-15-7-3-5-13(11-15)4-2-6-14-10-13/h12,14,16H,2-11H2,1H3. The topological polar surface area (TPSA) is 44.7 Å². The van der Waals surface area contributed by atoms with E-state index in [1.807, 2.05) is 0 Å². The summed E-state index contributed by atoms with van der Waals surface area (Å²) in [6.45, 7) is 5.80. The van der Waals surface area contributed by atoms with Crippen molar-refractivity contribution in [3.63, 3.8) is 0 Å². The zero-order chi connectivity index (χ0) is 12.1. The fourth-order valence-electron chi connectivity index (χ4n) is 3.39. The normalized spacial score (nSPS) is 32.8. The Labute approximate surface area is 104 Å². The third-order valence-electron chi connectivity index (χ3n) is 4.13. The minimum absolute atomic E-state index is 0.341. The summed E-state index contributed by atoms with van der Waals surface area (Å²) < 4.78 is 4.99. The maximum absolute atomic E-state index is 9.81. The van der Waals surface area contributed by atoms with Crippen LogP contribution in [0.4, 0.5) is 0 Å². The number of likely N-dealkylation sites (tertiary alicyclic amines) is 1. The highest BCUT2D eigenvalue weighted by atomic mass is 16.5. The summed E-state index contributed by atoms with van der Waals surface area (Å²) in [4.78, 5) is 2.42. The van der Waals surface area contributed by atoms with Crippen molar-refractivity contribution in [1.82, 2.24) is 10.2 Å². The van der Waals surface area contributed by atoms with Crippen LogP contribution < -0.4 is 5.32 Å². The van der Waals surface area contributed by atoms with E-state index in [4.69, 9.17) is 4.74 Å². The van der Waals surface area contributed by atoms with Crippen molar-refractivity contribution < 1.29 is 9.84 Å². The first-order chi connectivity index (χ1) is 8.24. The van der Waals surface area contributed by atoms with Gasteiger partial charge in [-0.3, -0.25) is 0 Å². The Bertz CT molecular complexity index is 224. The number of aliphatic hydroxyl groups is 1. The Kier molecular flexibility index (Phi) is 4.79. The van der Waals surface area contributed by atoms with Crippen molar-refractivity contribution >= 4 is 0 Å². The maximum atomic E-state index is 9.81. The molecule has 0 radical (unpaired) electrons. The molecule has 2 aliphatic rings. The second-order valence-corrected chi connectivity index (χ2v) is 5.73. The summed E-state index contributed by atoms with van der Waals surface area (Å²) in [5, 5.41) is 13.3. The summed E-state index contributed by atoms with van der Waals surface area (Å²) in [5.74, 6) is 0. The fourth-order valence-corrected chi connectivity index (χ4v) is 3.39. The van der Waals surface area contributed by atoms with Crippen LogP contribution in [0.15, 0.2) is 0 Å². The Balaban J connectivity index is 1.83. The van der Waals surface area contributed by atoms with Crippen LogP contribution in [0.3, 0.4) is 0 Å². The molecule has 4 nitrogen and oxygen atoms in total. The highest BCUT2D eigenvalue weighted by Gasteiger charge is 2.36. The van der Waals surface area contributed by atoms with Gasteiger partial charge in [0.05, 0.1) is 12.7 Å². The molecule has 2 aliphatic heterocycles. The van der Waals surface area contributed by atoms with Gasteiger partial charge in [0.2, 0.25) is 0 Å². The molecule has 0 saturated carbocycles. The average Bonchev–Trinajstić information content (AvgIpc) is 2.30. The van der Waals surface area contributed by atoms with Crippen molar-refractivity contribution in [2.24, 2.45) is 5.41 Å². The molecule has 0 amide bonds. The lowest BCUT2D eigenvalue weighted by Gasteiger charge is -2.45. The summed E-state index contributed by atoms with van der Waals surface area (Å²) in [6.07, 6.45) is 4.91. The molecule has 2 rings (SSSR count). The zero-order valence-electron chi connectivity index (χ0n) is 11.0. The number of β-amino-alcohol motifs (C(OH)–C–C–N with tert-alkyl or cyclic N) is 1. The molecule has 0 aromatic carbocycles. The van der Waals surface area contributed by atoms with Gasteiger partial charge in [0.15, 0.2) is 0 Å². The summed E-state index contributed by atoms with van der Waals surface area (Å²) in [6, 6.07) is 0. The number of hydrogen-bond acceptors (Lipinski definition) is 4. The first-order valence-corrected chi connectivity index (χ1v) is 6.84. The van der Waals surface area contributed by atoms with Crippen molar-refractivity contribution in [2.45, 2.75) is 31.8 Å². The molecule has 4 heteroatoms. The molecule has 0 bridgehead atoms. The predicted molar refractivity (Wildman–Crippen MR) is 68.1 cm³/mol. The van der Waals surface area contributed by atoms with E-state index in [0.29, 0.717) is 12.0 Å². The number of nitrogens with zero attached hydrogens (tertiary/aromatic N) is 1. The predicted octanol–water partition coefficient (Wildman–Crippen LogP) is 0.459. The monoisotopic (exact) mass is 242 g/mol. The third-order valence-corrected chi connectivity index (χ3v) is 4.13. The Morgan fingerprint density at radius 1 is 1.41 bits per heavy atom. The van der Waals surface area contributed by atoms with Gasteiger partial charge in [-0.1, -0.05) is 0 Å². The van der Waals surface area contributed by atoms with E-state index in [1.54, 1.807) is 7.11 Å². The van der Waals surface area contributed by atoms with Gasteiger partial charge < -0.3 is 20.1 Å². The Morgan fingerprint density at radius 2 is 2.24 bits per heavy atom. The van der Waals surface area contributed by atoms with Gasteiger partial charge in [0.25, 0.3) is 0 Å². The third kappa shape index (κ3) is 3.65. The van der Waals surface area contributed by atoms with E-state index in [0.717, 1.165) is 26.2 Å². The molecule has 2 fully saturated rings. The first-order valence-electron chi connectivity index (χ1n) is 6.84. The Hall–Kier alpha value is -0.160. The number of methoxy groups -OCH3 is 1. The van der Waals surface area contributed by atoms with Crippen LogP contribution >= 0.6 is 0 Å². The minimum Gasteiger partial charge on any atom is -0.389 e. The molecule has 2 saturated heterocycles. The lowest BCUT2D eigenvalue weighted by molar-refractivity contribution is 0.00359. The molecule has 100 valence electrons. The molecular weight excluding hydrogens is 216 g/mol. The number of rotatable bonds is 4. The lowest BCUT2D eigenvalue weighted by Crippen LogP contribution is -2.52. The van der Waals surface area contributed by atoms with Crippen LogP contribution in [0.25, 0.3) is 0 Å². The highest BCUT2D eigenvalue weighted by Crippen LogP contribution is 2.35. The van der Waals surface area contributed by atoms with E-state index in [-0.39, 0.29) is 6.10 Å². The number of ether oxygens (including phenoxy) is 1. The second-order valence-electron chi connectivity index (χ2n) is 5.73. The van der Waals surface area contributed by atoms with Crippen LogP contribution in [0.2, 0.25) is 0 Å². The molecule has 1 spiro atoms. The molecule has 2 unspecified atom stereocenters. The van der Waals surface area contributed by atoms with Crippen molar-refractivity contribution in [1.29, 1.82) is 0 Å². The van der Waals surface area contributed by atoms with Crippen LogP contribution in [-0.4, -0.2) is 62.6 Å². The Morgan fingerprint density at radius 3 is 2.94 bits per heavy atom. The number of aliphatic hydroxyl groups excluding tert-OH is 1. The van der Waals surface area contributed by atoms with Gasteiger partial charge in [-0.2, -0.15) is 0 Å². The molecule has 2 N–H and O–H groups in total. The number of hydrogen-bond donors (Lipinski definition) is 2. The smallest absolute Gasteiger partial charge is 0.0900 e. The van der Waals surface area contributed by atoms with Crippen LogP contribution in [0.5, 0.6) is 0 Å². The van der Waals surface area contributed by atoms with Gasteiger partial charge in [-0.25, -0.2) is 0 Å². The molecule has 2 atom stereocenters. The molecule has 17 heavy (non-hydrogen) atoms. The summed E-state index contributed by atoms with van der Waals surface area (Å²) in [7, 11) is 1.64. The highest BCUT2D eigenvalue weighted by molar-refractivity contribution is 4.91. The second kappa shape index (κ2) is 6.14. The van der Waals surface area contributed by atoms with Crippen molar-refractivity contribution in [3.8, 4) is 0 Å². The number of nitrogens with one attached hydrogen (secondary N) is 1. The van der Waals surface area contributed by atoms with Gasteiger partial charge >= 0.3 is 0 Å². The van der Waals surface area contributed by atoms with Gasteiger partial charge in [0.1, 0.15) is 0 Å². The van der Waals surface area contributed by atoms with Crippen LogP contribution in [0.1, 0.15) is 25.7 Å². The largest absolute Gasteiger partial charge is 0.389 e. The molecular formula is C13H26N2O2. The fraction of sp³-hybridized carbons (Fsp3) is 1.00. The van der Waals surface area contributed by atoms with Crippen LogP contribution in [0, 0.1) is 5.41 Å². The molecule has 0 aromatic rings. The van der Waals surface area contributed by atoms with Gasteiger partial charge in [-0.05, 0) is 44.2 Å². The molecule has 0 aliphatic carbocycles. The van der Waals surface area contributed by atoms with E-state index >= 15 is 0 Å². The lowest BCUT2D eigenvalue weighted by atomic mass is 9.74. The molecule has 2 heterocycles. The van der Waals surface area contributed by atoms with Gasteiger partial charge in [0, 0.05) is 26.7 Å².